The van der Waals surface area contributed by atoms with Crippen LogP contribution in [0.1, 0.15) is 52.4 Å². The summed E-state index contributed by atoms with van der Waals surface area (Å²) in [6, 6.07) is 0. The molecule has 2 aliphatic heterocycles. The average molecular weight is 330 g/mol. The van der Waals surface area contributed by atoms with E-state index in [1.807, 2.05) is 0 Å². The topological polar surface area (TPSA) is 75.3 Å². The van der Waals surface area contributed by atoms with Gasteiger partial charge in [0.05, 0.1) is 0 Å². The number of amides is 2. The van der Waals surface area contributed by atoms with Crippen molar-refractivity contribution in [2.75, 3.05) is 6.54 Å². The van der Waals surface area contributed by atoms with Crippen LogP contribution in [-0.4, -0.2) is 29.7 Å². The average Bonchev–Trinajstić information content (AvgIpc) is 2.62. The molecule has 5 atom stereocenters. The summed E-state index contributed by atoms with van der Waals surface area (Å²) in [7, 11) is 0. The highest BCUT2D eigenvalue weighted by Gasteiger charge is 2.59. The number of hydrogen-bond acceptors (Lipinski definition) is 3. The van der Waals surface area contributed by atoms with Crippen molar-refractivity contribution in [2.24, 2.45) is 23.2 Å². The number of piperidine rings is 1. The molecular weight excluding hydrogens is 304 g/mol. The number of carbonyl (C=O) groups excluding carboxylic acids is 3. The SMILES string of the molecule is CC12CC(=O)C3C(CCC4=CC(=O)NCCC43C)C1CCC(=O)N2. The fourth-order valence-corrected chi connectivity index (χ4v) is 6.09. The van der Waals surface area contributed by atoms with Gasteiger partial charge >= 0.3 is 0 Å². The van der Waals surface area contributed by atoms with Crippen LogP contribution in [0, 0.1) is 23.2 Å². The summed E-state index contributed by atoms with van der Waals surface area (Å²) in [5.41, 5.74) is 0.543. The van der Waals surface area contributed by atoms with Crippen LogP contribution in [0.15, 0.2) is 11.6 Å². The summed E-state index contributed by atoms with van der Waals surface area (Å²) >= 11 is 0. The molecule has 4 aliphatic rings. The smallest absolute Gasteiger partial charge is 0.243 e. The van der Waals surface area contributed by atoms with Crippen LogP contribution < -0.4 is 10.6 Å². The van der Waals surface area contributed by atoms with E-state index in [-0.39, 0.29) is 34.5 Å². The van der Waals surface area contributed by atoms with Crippen LogP contribution >= 0.6 is 0 Å². The van der Waals surface area contributed by atoms with Gasteiger partial charge in [-0.15, -0.1) is 0 Å². The van der Waals surface area contributed by atoms with Gasteiger partial charge in [0.15, 0.2) is 0 Å². The predicted octanol–water partition coefficient (Wildman–Crippen LogP) is 1.72. The number of Topliss-reactive ketones (excluding diaryl/α,β-unsaturated/α-hetero) is 1. The molecule has 0 aromatic heterocycles. The van der Waals surface area contributed by atoms with E-state index in [2.05, 4.69) is 24.5 Å². The number of rotatable bonds is 0. The zero-order chi connectivity index (χ0) is 17.1. The van der Waals surface area contributed by atoms with Crippen LogP contribution in [0.3, 0.4) is 0 Å². The zero-order valence-electron chi connectivity index (χ0n) is 14.5. The second kappa shape index (κ2) is 5.17. The first kappa shape index (κ1) is 15.9. The number of ketones is 1. The van der Waals surface area contributed by atoms with Gasteiger partial charge < -0.3 is 10.6 Å². The lowest BCUT2D eigenvalue weighted by molar-refractivity contribution is -0.146. The number of allylic oxidation sites excluding steroid dienone is 1. The zero-order valence-corrected chi connectivity index (χ0v) is 14.5. The van der Waals surface area contributed by atoms with Crippen LogP contribution in [0.4, 0.5) is 0 Å². The van der Waals surface area contributed by atoms with Crippen LogP contribution in [-0.2, 0) is 14.4 Å². The minimum atomic E-state index is -0.385. The van der Waals surface area contributed by atoms with E-state index in [4.69, 9.17) is 0 Å². The van der Waals surface area contributed by atoms with Crippen molar-refractivity contribution < 1.29 is 14.4 Å². The second-order valence-corrected chi connectivity index (χ2v) is 8.56. The Hall–Kier alpha value is -1.65. The Morgan fingerprint density at radius 1 is 1.12 bits per heavy atom. The molecule has 2 N–H and O–H groups in total. The Bertz CT molecular complexity index is 655. The number of fused-ring (bicyclic) bond motifs is 5. The summed E-state index contributed by atoms with van der Waals surface area (Å²) in [5.74, 6) is 0.981. The lowest BCUT2D eigenvalue weighted by Gasteiger charge is -2.58. The van der Waals surface area contributed by atoms with Gasteiger partial charge in [-0.3, -0.25) is 14.4 Å². The fraction of sp³-hybridized carbons (Fsp3) is 0.737. The fourth-order valence-electron chi connectivity index (χ4n) is 6.09. The molecule has 4 rings (SSSR count). The maximum absolute atomic E-state index is 13.2. The van der Waals surface area contributed by atoms with Crippen LogP contribution in [0.2, 0.25) is 0 Å². The maximum atomic E-state index is 13.2. The van der Waals surface area contributed by atoms with E-state index in [1.54, 1.807) is 6.08 Å². The molecule has 2 aliphatic carbocycles. The van der Waals surface area contributed by atoms with E-state index in [0.717, 1.165) is 31.3 Å². The predicted molar refractivity (Wildman–Crippen MR) is 88.9 cm³/mol. The molecule has 130 valence electrons. The third-order valence-corrected chi connectivity index (χ3v) is 7.17. The summed E-state index contributed by atoms with van der Waals surface area (Å²) < 4.78 is 0. The van der Waals surface area contributed by atoms with Crippen molar-refractivity contribution in [1.29, 1.82) is 0 Å². The lowest BCUT2D eigenvalue weighted by Crippen LogP contribution is -2.65. The molecule has 0 aromatic carbocycles. The molecule has 1 saturated heterocycles. The molecule has 5 unspecified atom stereocenters. The number of carbonyl (C=O) groups is 3. The van der Waals surface area contributed by atoms with Gasteiger partial charge in [-0.1, -0.05) is 12.5 Å². The van der Waals surface area contributed by atoms with E-state index < -0.39 is 0 Å². The molecule has 2 amide bonds. The summed E-state index contributed by atoms with van der Waals surface area (Å²) in [6.45, 7) is 4.86. The van der Waals surface area contributed by atoms with Crippen molar-refractivity contribution in [3.8, 4) is 0 Å². The van der Waals surface area contributed by atoms with Gasteiger partial charge in [-0.2, -0.15) is 0 Å². The number of hydrogen-bond donors (Lipinski definition) is 2. The van der Waals surface area contributed by atoms with Crippen molar-refractivity contribution >= 4 is 17.6 Å². The monoisotopic (exact) mass is 330 g/mol. The highest BCUT2D eigenvalue weighted by atomic mass is 16.2. The minimum Gasteiger partial charge on any atom is -0.353 e. The molecule has 0 aromatic rings. The normalized spacial score (nSPS) is 45.0. The Labute approximate surface area is 142 Å². The molecule has 5 heteroatoms. The molecule has 2 saturated carbocycles. The van der Waals surface area contributed by atoms with Gasteiger partial charge in [0.1, 0.15) is 5.78 Å². The second-order valence-electron chi connectivity index (χ2n) is 8.56. The van der Waals surface area contributed by atoms with Crippen molar-refractivity contribution in [1.82, 2.24) is 10.6 Å². The van der Waals surface area contributed by atoms with Gasteiger partial charge in [0.2, 0.25) is 11.8 Å². The van der Waals surface area contributed by atoms with Crippen molar-refractivity contribution in [3.05, 3.63) is 11.6 Å². The molecule has 0 bridgehead atoms. The summed E-state index contributed by atoms with van der Waals surface area (Å²) in [5, 5.41) is 6.04. The van der Waals surface area contributed by atoms with Gasteiger partial charge in [0, 0.05) is 42.3 Å². The first-order chi connectivity index (χ1) is 11.3. The largest absolute Gasteiger partial charge is 0.353 e. The quantitative estimate of drug-likeness (QED) is 0.710. The Kier molecular flexibility index (Phi) is 3.42. The molecule has 0 radical (unpaired) electrons. The van der Waals surface area contributed by atoms with Crippen molar-refractivity contribution in [3.63, 3.8) is 0 Å². The van der Waals surface area contributed by atoms with E-state index in [1.165, 1.54) is 0 Å². The highest BCUT2D eigenvalue weighted by molar-refractivity contribution is 5.91. The van der Waals surface area contributed by atoms with E-state index >= 15 is 0 Å². The third-order valence-electron chi connectivity index (χ3n) is 7.17. The Balaban J connectivity index is 1.74. The van der Waals surface area contributed by atoms with E-state index in [0.29, 0.717) is 31.2 Å². The Morgan fingerprint density at radius 3 is 2.71 bits per heavy atom. The number of nitrogens with one attached hydrogen (secondary N) is 2. The van der Waals surface area contributed by atoms with Crippen molar-refractivity contribution in [2.45, 2.75) is 57.9 Å². The van der Waals surface area contributed by atoms with Crippen LogP contribution in [0.5, 0.6) is 0 Å². The first-order valence-electron chi connectivity index (χ1n) is 9.16. The third kappa shape index (κ3) is 2.16. The maximum Gasteiger partial charge on any atom is 0.243 e. The summed E-state index contributed by atoms with van der Waals surface area (Å²) in [4.78, 5) is 37.0. The molecule has 24 heavy (non-hydrogen) atoms. The van der Waals surface area contributed by atoms with Gasteiger partial charge in [0.25, 0.3) is 0 Å². The summed E-state index contributed by atoms with van der Waals surface area (Å²) in [6.07, 6.45) is 6.27. The van der Waals surface area contributed by atoms with E-state index in [9.17, 15) is 14.4 Å². The minimum absolute atomic E-state index is 0.0155. The molecular formula is C19H26N2O3. The van der Waals surface area contributed by atoms with Gasteiger partial charge in [-0.05, 0) is 44.4 Å². The molecule has 3 fully saturated rings. The Morgan fingerprint density at radius 2 is 1.92 bits per heavy atom. The van der Waals surface area contributed by atoms with Crippen LogP contribution in [0.25, 0.3) is 0 Å². The molecule has 5 nitrogen and oxygen atoms in total. The van der Waals surface area contributed by atoms with Gasteiger partial charge in [-0.25, -0.2) is 0 Å². The highest BCUT2D eigenvalue weighted by Crippen LogP contribution is 2.58. The lowest BCUT2D eigenvalue weighted by atomic mass is 9.48. The standard InChI is InChI=1S/C19H26N2O3/c1-18-7-8-20-16(24)9-11(18)3-4-12-13-5-6-15(23)21-19(13,2)10-14(22)17(12)18/h9,12-13,17H,3-8,10H2,1-2H3,(H,20,24)(H,21,23). The first-order valence-corrected chi connectivity index (χ1v) is 9.16. The molecule has 0 spiro atoms. The molecule has 2 heterocycles.